The first-order chi connectivity index (χ1) is 15.6. The molecule has 0 amide bonds. The van der Waals surface area contributed by atoms with Crippen molar-refractivity contribution in [2.24, 2.45) is 4.99 Å². The summed E-state index contributed by atoms with van der Waals surface area (Å²) < 4.78 is 20.0. The van der Waals surface area contributed by atoms with Crippen molar-refractivity contribution in [1.29, 1.82) is 0 Å². The number of rotatable bonds is 9. The molecule has 1 aromatic carbocycles. The van der Waals surface area contributed by atoms with Crippen molar-refractivity contribution in [1.82, 2.24) is 20.4 Å². The molecule has 2 aliphatic rings. The summed E-state index contributed by atoms with van der Waals surface area (Å²) in [6.45, 7) is 14.2. The minimum Gasteiger partial charge on any atom is -0.383 e. The molecule has 1 aromatic rings. The average Bonchev–Trinajstić information content (AvgIpc) is 2.82. The van der Waals surface area contributed by atoms with Crippen LogP contribution in [0.25, 0.3) is 0 Å². The van der Waals surface area contributed by atoms with Crippen molar-refractivity contribution in [3.8, 4) is 0 Å². The third kappa shape index (κ3) is 7.32. The molecule has 2 aliphatic heterocycles. The van der Waals surface area contributed by atoms with Crippen LogP contribution >= 0.6 is 0 Å². The van der Waals surface area contributed by atoms with Gasteiger partial charge in [-0.15, -0.1) is 0 Å². The third-order valence-electron chi connectivity index (χ3n) is 6.48. The van der Waals surface area contributed by atoms with Crippen LogP contribution < -0.4 is 15.5 Å². The number of methoxy groups -OCH3 is 1. The summed E-state index contributed by atoms with van der Waals surface area (Å²) in [6.07, 6.45) is 2.17. The molecule has 3 rings (SSSR count). The van der Waals surface area contributed by atoms with Crippen LogP contribution in [0.1, 0.15) is 32.3 Å². The Hall–Kier alpha value is -1.90. The van der Waals surface area contributed by atoms with E-state index in [9.17, 15) is 4.39 Å². The maximum Gasteiger partial charge on any atom is 0.191 e. The van der Waals surface area contributed by atoms with Gasteiger partial charge in [-0.2, -0.15) is 0 Å². The molecule has 0 spiro atoms. The first-order valence-corrected chi connectivity index (χ1v) is 12.1. The lowest BCUT2D eigenvalue weighted by Gasteiger charge is -2.35. The van der Waals surface area contributed by atoms with Crippen LogP contribution in [0.4, 0.5) is 10.1 Å². The van der Waals surface area contributed by atoms with Crippen molar-refractivity contribution in [3.63, 3.8) is 0 Å². The molecule has 0 aromatic heterocycles. The Morgan fingerprint density at radius 1 is 1.09 bits per heavy atom. The number of hydrogen-bond acceptors (Lipinski definition) is 5. The normalized spacial score (nSPS) is 19.4. The highest BCUT2D eigenvalue weighted by Gasteiger charge is 2.20. The summed E-state index contributed by atoms with van der Waals surface area (Å²) in [5.74, 6) is 0.659. The van der Waals surface area contributed by atoms with Crippen LogP contribution in [0.3, 0.4) is 0 Å². The topological polar surface area (TPSA) is 55.4 Å². The number of likely N-dealkylation sites (tertiary alicyclic amines) is 1. The molecule has 2 fully saturated rings. The lowest BCUT2D eigenvalue weighted by molar-refractivity contribution is 0.128. The molecule has 180 valence electrons. The van der Waals surface area contributed by atoms with Gasteiger partial charge in [0.15, 0.2) is 5.96 Å². The number of anilines is 1. The molecule has 2 heterocycles. The van der Waals surface area contributed by atoms with Crippen LogP contribution in [0.15, 0.2) is 23.2 Å². The fourth-order valence-corrected chi connectivity index (χ4v) is 4.42. The van der Waals surface area contributed by atoms with E-state index in [2.05, 4.69) is 39.2 Å². The summed E-state index contributed by atoms with van der Waals surface area (Å²) >= 11 is 0. The maximum atomic E-state index is 14.8. The lowest BCUT2D eigenvalue weighted by atomic mass is 10.1. The Bertz CT molecular complexity index is 714. The van der Waals surface area contributed by atoms with E-state index in [1.165, 1.54) is 0 Å². The average molecular weight is 449 g/mol. The van der Waals surface area contributed by atoms with Crippen LogP contribution in [-0.4, -0.2) is 94.4 Å². The molecule has 0 bridgehead atoms. The summed E-state index contributed by atoms with van der Waals surface area (Å²) in [7, 11) is 1.75. The summed E-state index contributed by atoms with van der Waals surface area (Å²) in [5.41, 5.74) is 1.60. The van der Waals surface area contributed by atoms with E-state index in [-0.39, 0.29) is 5.82 Å². The monoisotopic (exact) mass is 448 g/mol. The zero-order chi connectivity index (χ0) is 22.8. The van der Waals surface area contributed by atoms with Gasteiger partial charge in [-0.25, -0.2) is 9.38 Å². The van der Waals surface area contributed by atoms with Gasteiger partial charge in [-0.1, -0.05) is 13.0 Å². The summed E-state index contributed by atoms with van der Waals surface area (Å²) in [6, 6.07) is 5.97. The van der Waals surface area contributed by atoms with Gasteiger partial charge in [-0.3, -0.25) is 0 Å². The number of halogens is 1. The fraction of sp³-hybridized carbons (Fsp3) is 0.708. The van der Waals surface area contributed by atoms with Crippen molar-refractivity contribution in [2.45, 2.75) is 39.3 Å². The van der Waals surface area contributed by atoms with Crippen LogP contribution in [0, 0.1) is 5.82 Å². The SMILES string of the molecule is CCNC(=NCc1ccc(N2CCN(CC)CC2)c(F)c1)NC1CCN(CCOC)CC1. The van der Waals surface area contributed by atoms with Gasteiger partial charge in [0.25, 0.3) is 0 Å². The van der Waals surface area contributed by atoms with E-state index in [4.69, 9.17) is 9.73 Å². The predicted molar refractivity (Wildman–Crippen MR) is 130 cm³/mol. The number of piperidine rings is 1. The number of nitrogens with zero attached hydrogens (tertiary/aromatic N) is 4. The number of piperazine rings is 1. The number of ether oxygens (including phenoxy) is 1. The predicted octanol–water partition coefficient (Wildman–Crippen LogP) is 2.13. The van der Waals surface area contributed by atoms with Gasteiger partial charge in [0.1, 0.15) is 5.82 Å². The van der Waals surface area contributed by atoms with E-state index in [0.29, 0.717) is 18.3 Å². The first-order valence-electron chi connectivity index (χ1n) is 12.1. The highest BCUT2D eigenvalue weighted by molar-refractivity contribution is 5.80. The third-order valence-corrected chi connectivity index (χ3v) is 6.48. The lowest BCUT2D eigenvalue weighted by Crippen LogP contribution is -2.49. The molecule has 2 N–H and O–H groups in total. The minimum absolute atomic E-state index is 0.149. The number of nitrogens with one attached hydrogen (secondary N) is 2. The van der Waals surface area contributed by atoms with E-state index < -0.39 is 0 Å². The zero-order valence-electron chi connectivity index (χ0n) is 20.1. The number of benzene rings is 1. The number of aliphatic imine (C=N–C) groups is 1. The largest absolute Gasteiger partial charge is 0.383 e. The quantitative estimate of drug-likeness (QED) is 0.446. The van der Waals surface area contributed by atoms with Gasteiger partial charge < -0.3 is 30.1 Å². The fourth-order valence-electron chi connectivity index (χ4n) is 4.42. The van der Waals surface area contributed by atoms with Crippen molar-refractivity contribution >= 4 is 11.6 Å². The second kappa shape index (κ2) is 13.0. The second-order valence-electron chi connectivity index (χ2n) is 8.66. The number of hydrogen-bond donors (Lipinski definition) is 2. The van der Waals surface area contributed by atoms with Crippen LogP contribution in [-0.2, 0) is 11.3 Å². The number of likely N-dealkylation sites (N-methyl/N-ethyl adjacent to an activating group) is 1. The molecule has 8 heteroatoms. The molecule has 0 unspecified atom stereocenters. The van der Waals surface area contributed by atoms with E-state index in [0.717, 1.165) is 89.9 Å². The van der Waals surface area contributed by atoms with Gasteiger partial charge in [0, 0.05) is 65.5 Å². The van der Waals surface area contributed by atoms with Gasteiger partial charge >= 0.3 is 0 Å². The van der Waals surface area contributed by atoms with Crippen LogP contribution in [0.2, 0.25) is 0 Å². The maximum absolute atomic E-state index is 14.8. The Labute approximate surface area is 193 Å². The van der Waals surface area contributed by atoms with Crippen molar-refractivity contribution in [2.75, 3.05) is 77.5 Å². The van der Waals surface area contributed by atoms with Gasteiger partial charge in [0.05, 0.1) is 18.8 Å². The Morgan fingerprint density at radius 2 is 1.84 bits per heavy atom. The molecule has 2 saturated heterocycles. The molecule has 0 atom stereocenters. The van der Waals surface area contributed by atoms with Crippen LogP contribution in [0.5, 0.6) is 0 Å². The molecular formula is C24H41FN6O. The standard InChI is InChI=1S/C24H41FN6O/c1-4-26-24(28-21-8-10-30(11-9-21)16-17-32-3)27-19-20-6-7-23(22(25)18-20)31-14-12-29(5-2)13-15-31/h6-7,18,21H,4-5,8-17,19H2,1-3H3,(H2,26,27,28). The van der Waals surface area contributed by atoms with E-state index in [1.807, 2.05) is 12.1 Å². The molecule has 32 heavy (non-hydrogen) atoms. The van der Waals surface area contributed by atoms with E-state index >= 15 is 0 Å². The Balaban J connectivity index is 1.53. The van der Waals surface area contributed by atoms with E-state index in [1.54, 1.807) is 13.2 Å². The minimum atomic E-state index is -0.149. The molecule has 0 radical (unpaired) electrons. The smallest absolute Gasteiger partial charge is 0.191 e. The Kier molecular flexibility index (Phi) is 10.0. The molecule has 0 saturated carbocycles. The highest BCUT2D eigenvalue weighted by Crippen LogP contribution is 2.22. The second-order valence-corrected chi connectivity index (χ2v) is 8.66. The first kappa shape index (κ1) is 24.7. The molecule has 0 aliphatic carbocycles. The summed E-state index contributed by atoms with van der Waals surface area (Å²) in [4.78, 5) is 11.7. The van der Waals surface area contributed by atoms with Gasteiger partial charge in [-0.05, 0) is 44.0 Å². The Morgan fingerprint density at radius 3 is 2.47 bits per heavy atom. The van der Waals surface area contributed by atoms with Gasteiger partial charge in [0.2, 0.25) is 0 Å². The summed E-state index contributed by atoms with van der Waals surface area (Å²) in [5, 5.41) is 6.90. The van der Waals surface area contributed by atoms with Crippen molar-refractivity contribution in [3.05, 3.63) is 29.6 Å². The molecular weight excluding hydrogens is 407 g/mol. The highest BCUT2D eigenvalue weighted by atomic mass is 19.1. The molecule has 7 nitrogen and oxygen atoms in total. The number of guanidine groups is 1. The van der Waals surface area contributed by atoms with Crippen molar-refractivity contribution < 1.29 is 9.13 Å². The zero-order valence-corrected chi connectivity index (χ0v) is 20.1.